The number of nitrogens with two attached hydrogens (primary N) is 1. The van der Waals surface area contributed by atoms with Crippen LogP contribution in [0.1, 0.15) is 12.5 Å². The number of amides is 1. The number of ether oxygens (including phenoxy) is 1. The highest BCUT2D eigenvalue weighted by molar-refractivity contribution is 9.10. The topological polar surface area (TPSA) is 64.3 Å². The summed E-state index contributed by atoms with van der Waals surface area (Å²) in [5.74, 6) is -0.310. The lowest BCUT2D eigenvalue weighted by Crippen LogP contribution is -2.24. The average Bonchev–Trinajstić information content (AvgIpc) is 2.25. The van der Waals surface area contributed by atoms with Gasteiger partial charge in [-0.3, -0.25) is 4.79 Å². The molecule has 1 aromatic rings. The molecule has 0 fully saturated rings. The van der Waals surface area contributed by atoms with Crippen LogP contribution in [0.2, 0.25) is 0 Å². The number of halogens is 2. The van der Waals surface area contributed by atoms with Crippen LogP contribution in [0.5, 0.6) is 0 Å². The Hall–Kier alpha value is -0.780. The van der Waals surface area contributed by atoms with Gasteiger partial charge in [0.25, 0.3) is 0 Å². The molecule has 0 aromatic heterocycles. The highest BCUT2D eigenvalue weighted by atomic mass is 79.9. The molecule has 0 radical (unpaired) electrons. The van der Waals surface area contributed by atoms with E-state index in [0.29, 0.717) is 18.0 Å². The monoisotopic (exact) mass is 336 g/mol. The predicted molar refractivity (Wildman–Crippen MR) is 80.2 cm³/mol. The van der Waals surface area contributed by atoms with Crippen LogP contribution in [0.25, 0.3) is 0 Å². The molecule has 1 unspecified atom stereocenters. The smallest absolute Gasteiger partial charge is 0.229 e. The maximum Gasteiger partial charge on any atom is 0.229 e. The molecular formula is C12H18BrClN2O2. The number of methoxy groups -OCH3 is 1. The first kappa shape index (κ1) is 17.2. The molecular weight excluding hydrogens is 320 g/mol. The zero-order chi connectivity index (χ0) is 13.0. The van der Waals surface area contributed by atoms with Crippen molar-refractivity contribution in [3.8, 4) is 0 Å². The fourth-order valence-corrected chi connectivity index (χ4v) is 2.01. The van der Waals surface area contributed by atoms with E-state index in [1.165, 1.54) is 0 Å². The third-order valence-electron chi connectivity index (χ3n) is 2.47. The Morgan fingerprint density at radius 1 is 1.56 bits per heavy atom. The first-order valence-electron chi connectivity index (χ1n) is 5.31. The van der Waals surface area contributed by atoms with Gasteiger partial charge in [0.1, 0.15) is 0 Å². The quantitative estimate of drug-likeness (QED) is 0.830. The van der Waals surface area contributed by atoms with Crippen molar-refractivity contribution in [2.45, 2.75) is 13.8 Å². The Bertz CT molecular complexity index is 427. The van der Waals surface area contributed by atoms with Crippen LogP contribution in [-0.4, -0.2) is 19.6 Å². The summed E-state index contributed by atoms with van der Waals surface area (Å²) in [7, 11) is 1.57. The summed E-state index contributed by atoms with van der Waals surface area (Å²) in [5.41, 5.74) is 8.05. The number of hydrogen-bond acceptors (Lipinski definition) is 3. The van der Waals surface area contributed by atoms with Crippen LogP contribution >= 0.6 is 28.3 Å². The normalized spacial score (nSPS) is 11.6. The van der Waals surface area contributed by atoms with E-state index in [4.69, 9.17) is 10.5 Å². The fourth-order valence-electron chi connectivity index (χ4n) is 1.44. The number of carbonyl (C=O) groups is 1. The number of benzene rings is 1. The van der Waals surface area contributed by atoms with Crippen LogP contribution in [0, 0.1) is 12.8 Å². The second-order valence-electron chi connectivity index (χ2n) is 4.03. The molecule has 0 aliphatic carbocycles. The van der Waals surface area contributed by atoms with E-state index in [2.05, 4.69) is 21.2 Å². The molecule has 1 atom stereocenters. The molecule has 0 heterocycles. The summed E-state index contributed by atoms with van der Waals surface area (Å²) in [6.07, 6.45) is 0. The van der Waals surface area contributed by atoms with Crippen molar-refractivity contribution >= 4 is 45.6 Å². The second-order valence-corrected chi connectivity index (χ2v) is 4.95. The van der Waals surface area contributed by atoms with E-state index in [0.717, 1.165) is 10.0 Å². The summed E-state index contributed by atoms with van der Waals surface area (Å²) < 4.78 is 5.83. The van der Waals surface area contributed by atoms with E-state index in [-0.39, 0.29) is 24.2 Å². The first-order chi connectivity index (χ1) is 7.95. The zero-order valence-electron chi connectivity index (χ0n) is 10.6. The van der Waals surface area contributed by atoms with Gasteiger partial charge >= 0.3 is 0 Å². The molecule has 6 heteroatoms. The van der Waals surface area contributed by atoms with Crippen LogP contribution in [0.15, 0.2) is 16.6 Å². The average molecular weight is 338 g/mol. The van der Waals surface area contributed by atoms with Gasteiger partial charge < -0.3 is 15.8 Å². The standard InChI is InChI=1S/C12H17BrN2O2.ClH/c1-7-4-9(13)5-10(11(7)14)15-12(16)8(2)6-17-3;/h4-5,8H,6,14H2,1-3H3,(H,15,16);1H. The van der Waals surface area contributed by atoms with Gasteiger partial charge in [0.15, 0.2) is 0 Å². The fraction of sp³-hybridized carbons (Fsp3) is 0.417. The summed E-state index contributed by atoms with van der Waals surface area (Å²) in [5, 5.41) is 2.80. The SMILES string of the molecule is COCC(C)C(=O)Nc1cc(Br)cc(C)c1N.Cl. The van der Waals surface area contributed by atoms with Crippen LogP contribution in [-0.2, 0) is 9.53 Å². The van der Waals surface area contributed by atoms with Gasteiger partial charge in [0.05, 0.1) is 23.9 Å². The van der Waals surface area contributed by atoms with Crippen molar-refractivity contribution in [1.82, 2.24) is 0 Å². The lowest BCUT2D eigenvalue weighted by molar-refractivity contribution is -0.120. The minimum absolute atomic E-state index is 0. The maximum absolute atomic E-state index is 11.8. The van der Waals surface area contributed by atoms with Gasteiger partial charge in [0, 0.05) is 11.6 Å². The molecule has 102 valence electrons. The number of nitrogens with one attached hydrogen (secondary N) is 1. The summed E-state index contributed by atoms with van der Waals surface area (Å²) in [4.78, 5) is 11.8. The van der Waals surface area contributed by atoms with E-state index < -0.39 is 0 Å². The summed E-state index contributed by atoms with van der Waals surface area (Å²) >= 11 is 3.37. The third kappa shape index (κ3) is 4.48. The minimum Gasteiger partial charge on any atom is -0.397 e. The Morgan fingerprint density at radius 3 is 2.72 bits per heavy atom. The Labute approximate surface area is 122 Å². The summed E-state index contributed by atoms with van der Waals surface area (Å²) in [6, 6.07) is 3.70. The van der Waals surface area contributed by atoms with Crippen molar-refractivity contribution in [1.29, 1.82) is 0 Å². The van der Waals surface area contributed by atoms with Crippen molar-refractivity contribution in [2.24, 2.45) is 5.92 Å². The molecule has 1 rings (SSSR count). The molecule has 1 amide bonds. The maximum atomic E-state index is 11.8. The molecule has 3 N–H and O–H groups in total. The molecule has 0 aliphatic heterocycles. The van der Waals surface area contributed by atoms with E-state index in [1.54, 1.807) is 20.1 Å². The van der Waals surface area contributed by atoms with E-state index in [1.807, 2.05) is 13.0 Å². The molecule has 0 saturated carbocycles. The van der Waals surface area contributed by atoms with Gasteiger partial charge in [-0.05, 0) is 24.6 Å². The van der Waals surface area contributed by atoms with Gasteiger partial charge in [-0.2, -0.15) is 0 Å². The van der Waals surface area contributed by atoms with Gasteiger partial charge in [0.2, 0.25) is 5.91 Å². The number of carbonyl (C=O) groups excluding carboxylic acids is 1. The number of aryl methyl sites for hydroxylation is 1. The van der Waals surface area contributed by atoms with E-state index in [9.17, 15) is 4.79 Å². The van der Waals surface area contributed by atoms with Gasteiger partial charge in [-0.25, -0.2) is 0 Å². The van der Waals surface area contributed by atoms with Crippen molar-refractivity contribution < 1.29 is 9.53 Å². The lowest BCUT2D eigenvalue weighted by Gasteiger charge is -2.14. The third-order valence-corrected chi connectivity index (χ3v) is 2.93. The molecule has 0 aliphatic rings. The highest BCUT2D eigenvalue weighted by Gasteiger charge is 2.14. The molecule has 0 saturated heterocycles. The van der Waals surface area contributed by atoms with Crippen molar-refractivity contribution in [2.75, 3.05) is 24.8 Å². The Morgan fingerprint density at radius 2 is 2.17 bits per heavy atom. The molecule has 18 heavy (non-hydrogen) atoms. The Kier molecular flexibility index (Phi) is 7.28. The number of anilines is 2. The van der Waals surface area contributed by atoms with E-state index >= 15 is 0 Å². The number of nitrogen functional groups attached to an aromatic ring is 1. The molecule has 1 aromatic carbocycles. The minimum atomic E-state index is -0.210. The zero-order valence-corrected chi connectivity index (χ0v) is 13.0. The first-order valence-corrected chi connectivity index (χ1v) is 6.10. The second kappa shape index (κ2) is 7.61. The number of rotatable bonds is 4. The molecule has 0 bridgehead atoms. The Balaban J connectivity index is 0.00000289. The largest absolute Gasteiger partial charge is 0.397 e. The van der Waals surface area contributed by atoms with Crippen molar-refractivity contribution in [3.63, 3.8) is 0 Å². The highest BCUT2D eigenvalue weighted by Crippen LogP contribution is 2.27. The van der Waals surface area contributed by atoms with Crippen LogP contribution in [0.4, 0.5) is 11.4 Å². The van der Waals surface area contributed by atoms with Gasteiger partial charge in [-0.15, -0.1) is 12.4 Å². The lowest BCUT2D eigenvalue weighted by atomic mass is 10.1. The number of hydrogen-bond donors (Lipinski definition) is 2. The predicted octanol–water partition coefficient (Wildman–Crippen LogP) is 2.98. The molecule has 4 nitrogen and oxygen atoms in total. The summed E-state index contributed by atoms with van der Waals surface area (Å²) in [6.45, 7) is 4.09. The van der Waals surface area contributed by atoms with Gasteiger partial charge in [-0.1, -0.05) is 22.9 Å². The van der Waals surface area contributed by atoms with Crippen LogP contribution < -0.4 is 11.1 Å². The van der Waals surface area contributed by atoms with Crippen molar-refractivity contribution in [3.05, 3.63) is 22.2 Å². The molecule has 0 spiro atoms. The van der Waals surface area contributed by atoms with Crippen LogP contribution in [0.3, 0.4) is 0 Å².